The van der Waals surface area contributed by atoms with Crippen molar-refractivity contribution in [1.29, 1.82) is 0 Å². The summed E-state index contributed by atoms with van der Waals surface area (Å²) in [6.45, 7) is 5.29. The second kappa shape index (κ2) is 9.64. The van der Waals surface area contributed by atoms with Crippen LogP contribution in [0.5, 0.6) is 17.2 Å². The van der Waals surface area contributed by atoms with E-state index in [9.17, 15) is 23.1 Å². The maximum Gasteiger partial charge on any atom is 0.422 e. The van der Waals surface area contributed by atoms with Gasteiger partial charge in [0.05, 0.1) is 11.3 Å². The minimum Gasteiger partial charge on any atom is -0.485 e. The Morgan fingerprint density at radius 2 is 1.76 bits per heavy atom. The highest BCUT2D eigenvalue weighted by atomic mass is 35.5. The van der Waals surface area contributed by atoms with Gasteiger partial charge in [-0.15, -0.1) is 0 Å². The molecule has 6 nitrogen and oxygen atoms in total. The van der Waals surface area contributed by atoms with Gasteiger partial charge in [-0.2, -0.15) is 13.2 Å². The van der Waals surface area contributed by atoms with Crippen LogP contribution in [0.25, 0.3) is 0 Å². The SMILES string of the molecule is C=C1COc2ccc([C@](O)([C@H](C)c3ccc(Oc4ccc(C(=O)O)cc4)cc3Cl)C(F)(F)F)cc2N1C. The zero-order chi connectivity index (χ0) is 27.1. The maximum absolute atomic E-state index is 14.5. The molecule has 0 aromatic heterocycles. The molecular weight excluding hydrogens is 511 g/mol. The number of hydrogen-bond donors (Lipinski definition) is 2. The van der Waals surface area contributed by atoms with E-state index in [4.69, 9.17) is 26.2 Å². The molecule has 4 rings (SSSR count). The van der Waals surface area contributed by atoms with Crippen LogP contribution in [0.1, 0.15) is 34.3 Å². The molecule has 2 atom stereocenters. The molecule has 3 aromatic carbocycles. The Balaban J connectivity index is 1.68. The zero-order valence-electron chi connectivity index (χ0n) is 19.8. The highest BCUT2D eigenvalue weighted by Crippen LogP contribution is 2.51. The van der Waals surface area contributed by atoms with Gasteiger partial charge in [-0.05, 0) is 59.7 Å². The van der Waals surface area contributed by atoms with Gasteiger partial charge in [0.15, 0.2) is 5.60 Å². The number of hydrogen-bond acceptors (Lipinski definition) is 5. The molecule has 1 aliphatic heterocycles. The molecule has 3 aromatic rings. The van der Waals surface area contributed by atoms with Gasteiger partial charge in [0.1, 0.15) is 23.9 Å². The van der Waals surface area contributed by atoms with Gasteiger partial charge in [-0.1, -0.05) is 37.2 Å². The second-order valence-corrected chi connectivity index (χ2v) is 9.10. The maximum atomic E-state index is 14.5. The molecule has 10 heteroatoms. The Morgan fingerprint density at radius 3 is 2.35 bits per heavy atom. The number of halogens is 4. The number of carbonyl (C=O) groups is 1. The van der Waals surface area contributed by atoms with Crippen LogP contribution in [0.2, 0.25) is 5.02 Å². The number of alkyl halides is 3. The standard InChI is InChI=1S/C27H23ClF3NO5/c1-15-14-36-24-11-6-18(12-23(24)32(15)3)26(35,27(29,30)31)16(2)21-10-9-20(13-22(21)28)37-19-7-4-17(5-8-19)25(33)34/h4-13,16,35H,1,14H2,2-3H3,(H,33,34)/t16-,26-/m1/s1. The van der Waals surface area contributed by atoms with Crippen molar-refractivity contribution in [1.82, 2.24) is 0 Å². The number of anilines is 1. The van der Waals surface area contributed by atoms with Crippen molar-refractivity contribution in [3.63, 3.8) is 0 Å². The Labute approximate surface area is 216 Å². The van der Waals surface area contributed by atoms with Crippen molar-refractivity contribution in [2.45, 2.75) is 24.6 Å². The smallest absolute Gasteiger partial charge is 0.422 e. The summed E-state index contributed by atoms with van der Waals surface area (Å²) in [5.74, 6) is -1.67. The number of benzene rings is 3. The Morgan fingerprint density at radius 1 is 1.11 bits per heavy atom. The third kappa shape index (κ3) is 4.84. The monoisotopic (exact) mass is 533 g/mol. The highest BCUT2D eigenvalue weighted by molar-refractivity contribution is 6.31. The first-order chi connectivity index (χ1) is 17.3. The topological polar surface area (TPSA) is 79.2 Å². The van der Waals surface area contributed by atoms with Gasteiger partial charge in [-0.25, -0.2) is 4.79 Å². The lowest BCUT2D eigenvalue weighted by Crippen LogP contribution is -2.46. The predicted molar refractivity (Wildman–Crippen MR) is 133 cm³/mol. The van der Waals surface area contributed by atoms with Crippen LogP contribution in [0.3, 0.4) is 0 Å². The first kappa shape index (κ1) is 26.4. The normalized spacial score (nSPS) is 15.9. The van der Waals surface area contributed by atoms with Gasteiger partial charge in [0.25, 0.3) is 0 Å². The van der Waals surface area contributed by atoms with E-state index in [2.05, 4.69) is 6.58 Å². The zero-order valence-corrected chi connectivity index (χ0v) is 20.6. The minimum atomic E-state index is -5.05. The highest BCUT2D eigenvalue weighted by Gasteiger charge is 2.59. The van der Waals surface area contributed by atoms with E-state index in [0.29, 0.717) is 22.9 Å². The van der Waals surface area contributed by atoms with Crippen molar-refractivity contribution < 1.29 is 37.7 Å². The third-order valence-electron chi connectivity index (χ3n) is 6.46. The molecule has 0 saturated heterocycles. The van der Waals surface area contributed by atoms with Gasteiger partial charge in [-0.3, -0.25) is 0 Å². The fraction of sp³-hybridized carbons (Fsp3) is 0.222. The van der Waals surface area contributed by atoms with Crippen LogP contribution >= 0.6 is 11.6 Å². The summed E-state index contributed by atoms with van der Waals surface area (Å²) < 4.78 is 54.7. The molecule has 0 aliphatic carbocycles. The number of aromatic carboxylic acids is 1. The third-order valence-corrected chi connectivity index (χ3v) is 6.79. The molecule has 0 spiro atoms. The average molecular weight is 534 g/mol. The summed E-state index contributed by atoms with van der Waals surface area (Å²) in [6.07, 6.45) is -5.05. The fourth-order valence-corrected chi connectivity index (χ4v) is 4.51. The average Bonchev–Trinajstić information content (AvgIpc) is 2.85. The number of carboxylic acid groups (broad SMARTS) is 1. The van der Waals surface area contributed by atoms with Crippen LogP contribution in [0.4, 0.5) is 18.9 Å². The van der Waals surface area contributed by atoms with Gasteiger partial charge in [0, 0.05) is 23.7 Å². The Kier molecular flexibility index (Phi) is 6.87. The summed E-state index contributed by atoms with van der Waals surface area (Å²) in [5, 5.41) is 20.2. The number of fused-ring (bicyclic) bond motifs is 1. The lowest BCUT2D eigenvalue weighted by molar-refractivity contribution is -0.274. The summed E-state index contributed by atoms with van der Waals surface area (Å²) in [7, 11) is 1.66. The van der Waals surface area contributed by atoms with Crippen molar-refractivity contribution in [3.8, 4) is 17.2 Å². The van der Waals surface area contributed by atoms with E-state index in [1.807, 2.05) is 0 Å². The van der Waals surface area contributed by atoms with Crippen molar-refractivity contribution in [2.75, 3.05) is 18.6 Å². The molecule has 0 fully saturated rings. The summed E-state index contributed by atoms with van der Waals surface area (Å²) in [6, 6.07) is 13.6. The molecule has 0 bridgehead atoms. The van der Waals surface area contributed by atoms with E-state index in [1.54, 1.807) is 11.9 Å². The van der Waals surface area contributed by atoms with E-state index in [-0.39, 0.29) is 34.1 Å². The van der Waals surface area contributed by atoms with Gasteiger partial charge < -0.3 is 24.6 Å². The molecule has 2 N–H and O–H groups in total. The number of likely N-dealkylation sites (N-methyl/N-ethyl adjacent to an activating group) is 1. The molecular formula is C27H23ClF3NO5. The van der Waals surface area contributed by atoms with E-state index in [0.717, 1.165) is 0 Å². The number of nitrogens with zero attached hydrogens (tertiary/aromatic N) is 1. The Hall–Kier alpha value is -3.69. The van der Waals surface area contributed by atoms with E-state index < -0.39 is 23.7 Å². The van der Waals surface area contributed by atoms with Gasteiger partial charge in [0.2, 0.25) is 0 Å². The van der Waals surface area contributed by atoms with E-state index in [1.165, 1.54) is 67.6 Å². The first-order valence-electron chi connectivity index (χ1n) is 11.1. The Bertz CT molecular complexity index is 1360. The molecule has 0 amide bonds. The second-order valence-electron chi connectivity index (χ2n) is 8.70. The van der Waals surface area contributed by atoms with Crippen molar-refractivity contribution >= 4 is 23.3 Å². The molecule has 194 valence electrons. The van der Waals surface area contributed by atoms with Crippen molar-refractivity contribution in [2.24, 2.45) is 0 Å². The molecule has 0 unspecified atom stereocenters. The number of rotatable bonds is 6. The van der Waals surface area contributed by atoms with E-state index >= 15 is 0 Å². The molecule has 0 radical (unpaired) electrons. The quantitative estimate of drug-likeness (QED) is 0.366. The number of aliphatic hydroxyl groups is 1. The molecule has 1 heterocycles. The van der Waals surface area contributed by atoms with Crippen LogP contribution in [-0.4, -0.2) is 36.0 Å². The minimum absolute atomic E-state index is 0.0402. The summed E-state index contributed by atoms with van der Waals surface area (Å²) in [5.41, 5.74) is -2.60. The predicted octanol–water partition coefficient (Wildman–Crippen LogP) is 6.73. The van der Waals surface area contributed by atoms with Crippen LogP contribution < -0.4 is 14.4 Å². The number of ether oxygens (including phenoxy) is 2. The first-order valence-corrected chi connectivity index (χ1v) is 11.5. The fourth-order valence-electron chi connectivity index (χ4n) is 4.18. The van der Waals surface area contributed by atoms with Crippen LogP contribution in [-0.2, 0) is 5.60 Å². The van der Waals surface area contributed by atoms with Crippen LogP contribution in [0, 0.1) is 0 Å². The molecule has 37 heavy (non-hydrogen) atoms. The lowest BCUT2D eigenvalue weighted by atomic mass is 9.77. The summed E-state index contributed by atoms with van der Waals surface area (Å²) >= 11 is 6.38. The van der Waals surface area contributed by atoms with Crippen LogP contribution in [0.15, 0.2) is 72.9 Å². The summed E-state index contributed by atoms with van der Waals surface area (Å²) in [4.78, 5) is 12.6. The lowest BCUT2D eigenvalue weighted by Gasteiger charge is -2.38. The van der Waals surface area contributed by atoms with Gasteiger partial charge >= 0.3 is 12.1 Å². The molecule has 0 saturated carbocycles. The molecule has 1 aliphatic rings. The number of carboxylic acids is 1. The van der Waals surface area contributed by atoms with Crippen molar-refractivity contribution in [3.05, 3.63) is 94.7 Å². The largest absolute Gasteiger partial charge is 0.485 e.